The zero-order chi connectivity index (χ0) is 20.3. The van der Waals surface area contributed by atoms with Gasteiger partial charge in [-0.1, -0.05) is 44.4 Å². The monoisotopic (exact) mass is 386 g/mol. The van der Waals surface area contributed by atoms with Crippen molar-refractivity contribution in [1.29, 1.82) is 0 Å². The lowest BCUT2D eigenvalue weighted by molar-refractivity contribution is -0.142. The first-order valence-electron chi connectivity index (χ1n) is 10.2. The van der Waals surface area contributed by atoms with Crippen LogP contribution in [-0.2, 0) is 14.3 Å². The van der Waals surface area contributed by atoms with Crippen molar-refractivity contribution >= 4 is 17.8 Å². The number of carbonyl (C=O) groups excluding carboxylic acids is 3. The van der Waals surface area contributed by atoms with Gasteiger partial charge in [-0.25, -0.2) is 0 Å². The lowest BCUT2D eigenvalue weighted by atomic mass is 9.64. The van der Waals surface area contributed by atoms with Gasteiger partial charge in [0.05, 0.1) is 18.6 Å². The highest BCUT2D eigenvalue weighted by Crippen LogP contribution is 2.50. The number of nitrogens with one attached hydrogen (secondary N) is 1. The molecule has 0 bridgehead atoms. The summed E-state index contributed by atoms with van der Waals surface area (Å²) in [6, 6.07) is 7.45. The summed E-state index contributed by atoms with van der Waals surface area (Å²) in [6.45, 7) is 3.97. The van der Waals surface area contributed by atoms with Crippen molar-refractivity contribution in [1.82, 2.24) is 10.2 Å². The Morgan fingerprint density at radius 2 is 1.93 bits per heavy atom. The number of hydrogen-bond donors (Lipinski definition) is 1. The van der Waals surface area contributed by atoms with E-state index in [-0.39, 0.29) is 24.4 Å². The second kappa shape index (κ2) is 8.33. The molecule has 6 heteroatoms. The Kier molecular flexibility index (Phi) is 6.06. The van der Waals surface area contributed by atoms with Crippen LogP contribution in [0.1, 0.15) is 74.2 Å². The van der Waals surface area contributed by atoms with Gasteiger partial charge < -0.3 is 15.0 Å². The maximum atomic E-state index is 13.5. The van der Waals surface area contributed by atoms with Gasteiger partial charge in [-0.2, -0.15) is 0 Å². The molecule has 0 aromatic heterocycles. The highest BCUT2D eigenvalue weighted by Gasteiger charge is 2.55. The number of fused-ring (bicyclic) bond motifs is 1. The predicted molar refractivity (Wildman–Crippen MR) is 106 cm³/mol. The first-order chi connectivity index (χ1) is 13.5. The Morgan fingerprint density at radius 1 is 1.25 bits per heavy atom. The van der Waals surface area contributed by atoms with E-state index in [1.165, 1.54) is 7.11 Å². The normalized spacial score (nSPS) is 21.8. The number of esters is 1. The van der Waals surface area contributed by atoms with Crippen molar-refractivity contribution < 1.29 is 19.1 Å². The summed E-state index contributed by atoms with van der Waals surface area (Å²) in [6.07, 6.45) is 5.52. The van der Waals surface area contributed by atoms with E-state index in [1.807, 2.05) is 29.2 Å². The maximum absolute atomic E-state index is 13.5. The molecule has 1 N–H and O–H groups in total. The number of rotatable bonds is 5. The third kappa shape index (κ3) is 3.40. The van der Waals surface area contributed by atoms with E-state index in [9.17, 15) is 14.4 Å². The van der Waals surface area contributed by atoms with Crippen LogP contribution in [-0.4, -0.2) is 47.9 Å². The molecule has 1 fully saturated rings. The van der Waals surface area contributed by atoms with E-state index in [4.69, 9.17) is 0 Å². The molecule has 2 amide bonds. The molecule has 3 rings (SSSR count). The van der Waals surface area contributed by atoms with Crippen LogP contribution in [0.3, 0.4) is 0 Å². The number of ether oxygens (including phenoxy) is 1. The Bertz CT molecular complexity index is 755. The lowest BCUT2D eigenvalue weighted by Gasteiger charge is -2.55. The number of amides is 2. The third-order valence-electron chi connectivity index (χ3n) is 6.39. The predicted octanol–water partition coefficient (Wildman–Crippen LogP) is 3.02. The number of hydrogen-bond acceptors (Lipinski definition) is 4. The minimum absolute atomic E-state index is 0.0175. The molecule has 152 valence electrons. The standard InChI is InChI=1S/C22H30N2O4/c1-4-15(2)24-21(27)17-11-7-6-10-16(17)19(20(26)23-14-18(25)28-3)22(24)12-8-5-9-13-22/h6-7,10-11,15,19H,4-5,8-9,12-14H2,1-3H3,(H,23,26)/t15-,19+/m0/s1. The molecule has 1 saturated carbocycles. The summed E-state index contributed by atoms with van der Waals surface area (Å²) in [4.78, 5) is 40.4. The fraction of sp³-hybridized carbons (Fsp3) is 0.591. The van der Waals surface area contributed by atoms with E-state index in [0.29, 0.717) is 5.56 Å². The van der Waals surface area contributed by atoms with E-state index < -0.39 is 17.4 Å². The molecule has 0 saturated heterocycles. The molecule has 6 nitrogen and oxygen atoms in total. The number of methoxy groups -OCH3 is 1. The van der Waals surface area contributed by atoms with Gasteiger partial charge in [-0.3, -0.25) is 14.4 Å². The zero-order valence-corrected chi connectivity index (χ0v) is 17.0. The second-order valence-electron chi connectivity index (χ2n) is 7.91. The van der Waals surface area contributed by atoms with Crippen molar-refractivity contribution in [2.24, 2.45) is 0 Å². The molecular formula is C22H30N2O4. The van der Waals surface area contributed by atoms with Crippen molar-refractivity contribution in [3.8, 4) is 0 Å². The summed E-state index contributed by atoms with van der Waals surface area (Å²) in [7, 11) is 1.30. The Balaban J connectivity index is 2.11. The molecule has 1 aliphatic carbocycles. The van der Waals surface area contributed by atoms with Gasteiger partial charge >= 0.3 is 5.97 Å². The number of carbonyl (C=O) groups is 3. The van der Waals surface area contributed by atoms with Gasteiger partial charge in [0.15, 0.2) is 0 Å². The summed E-state index contributed by atoms with van der Waals surface area (Å²) >= 11 is 0. The SMILES string of the molecule is CC[C@H](C)N1C(=O)c2ccccc2[C@H](C(=O)NCC(=O)OC)C12CCCCC2. The minimum Gasteiger partial charge on any atom is -0.468 e. The van der Waals surface area contributed by atoms with Gasteiger partial charge in [0.2, 0.25) is 5.91 Å². The molecule has 1 heterocycles. The quantitative estimate of drug-likeness (QED) is 0.790. The Labute approximate surface area is 166 Å². The van der Waals surface area contributed by atoms with Crippen molar-refractivity contribution in [3.05, 3.63) is 35.4 Å². The zero-order valence-electron chi connectivity index (χ0n) is 17.0. The Hall–Kier alpha value is -2.37. The first-order valence-corrected chi connectivity index (χ1v) is 10.2. The fourth-order valence-corrected chi connectivity index (χ4v) is 4.94. The molecular weight excluding hydrogens is 356 g/mol. The van der Waals surface area contributed by atoms with Crippen LogP contribution < -0.4 is 5.32 Å². The second-order valence-corrected chi connectivity index (χ2v) is 7.91. The molecule has 0 radical (unpaired) electrons. The largest absolute Gasteiger partial charge is 0.468 e. The highest BCUT2D eigenvalue weighted by molar-refractivity contribution is 6.02. The molecule has 2 aliphatic rings. The topological polar surface area (TPSA) is 75.7 Å². The summed E-state index contributed by atoms with van der Waals surface area (Å²) in [5.41, 5.74) is 0.827. The van der Waals surface area contributed by atoms with Gasteiger partial charge in [-0.05, 0) is 37.8 Å². The highest BCUT2D eigenvalue weighted by atomic mass is 16.5. The number of benzene rings is 1. The van der Waals surface area contributed by atoms with E-state index >= 15 is 0 Å². The van der Waals surface area contributed by atoms with Crippen LogP contribution in [0.15, 0.2) is 24.3 Å². The molecule has 1 spiro atoms. The molecule has 2 atom stereocenters. The minimum atomic E-state index is -0.542. The average molecular weight is 386 g/mol. The van der Waals surface area contributed by atoms with Crippen LogP contribution in [0.25, 0.3) is 0 Å². The van der Waals surface area contributed by atoms with Crippen LogP contribution in [0, 0.1) is 0 Å². The van der Waals surface area contributed by atoms with Crippen molar-refractivity contribution in [3.63, 3.8) is 0 Å². The first kappa shape index (κ1) is 20.4. The van der Waals surface area contributed by atoms with Gasteiger partial charge in [0, 0.05) is 11.6 Å². The average Bonchev–Trinajstić information content (AvgIpc) is 2.72. The third-order valence-corrected chi connectivity index (χ3v) is 6.39. The fourth-order valence-electron chi connectivity index (χ4n) is 4.94. The number of nitrogens with zero attached hydrogens (tertiary/aromatic N) is 1. The smallest absolute Gasteiger partial charge is 0.325 e. The van der Waals surface area contributed by atoms with Gasteiger partial charge in [0.1, 0.15) is 6.54 Å². The van der Waals surface area contributed by atoms with Gasteiger partial charge in [-0.15, -0.1) is 0 Å². The van der Waals surface area contributed by atoms with Crippen molar-refractivity contribution in [2.75, 3.05) is 13.7 Å². The van der Waals surface area contributed by atoms with E-state index in [2.05, 4.69) is 23.9 Å². The Morgan fingerprint density at radius 3 is 2.57 bits per heavy atom. The van der Waals surface area contributed by atoms with Crippen LogP contribution in [0.5, 0.6) is 0 Å². The molecule has 1 aromatic rings. The molecule has 1 aliphatic heterocycles. The van der Waals surface area contributed by atoms with Crippen LogP contribution in [0.2, 0.25) is 0 Å². The van der Waals surface area contributed by atoms with Crippen molar-refractivity contribution in [2.45, 2.75) is 69.9 Å². The molecule has 1 aromatic carbocycles. The maximum Gasteiger partial charge on any atom is 0.325 e. The summed E-state index contributed by atoms with van der Waals surface area (Å²) in [5, 5.41) is 2.76. The van der Waals surface area contributed by atoms with Crippen LogP contribution >= 0.6 is 0 Å². The lowest BCUT2D eigenvalue weighted by Crippen LogP contribution is -2.65. The molecule has 0 unspecified atom stereocenters. The van der Waals surface area contributed by atoms with Gasteiger partial charge in [0.25, 0.3) is 5.91 Å². The van der Waals surface area contributed by atoms with E-state index in [0.717, 1.165) is 44.1 Å². The molecule has 28 heavy (non-hydrogen) atoms. The van der Waals surface area contributed by atoms with E-state index in [1.54, 1.807) is 0 Å². The summed E-state index contributed by atoms with van der Waals surface area (Å²) in [5.74, 6) is -1.16. The van der Waals surface area contributed by atoms with Crippen LogP contribution in [0.4, 0.5) is 0 Å². The summed E-state index contributed by atoms with van der Waals surface area (Å²) < 4.78 is 4.67.